The fourth-order valence-electron chi connectivity index (χ4n) is 5.97. The first-order valence-electron chi connectivity index (χ1n) is 12.8. The van der Waals surface area contributed by atoms with Crippen LogP contribution < -0.4 is 0 Å². The van der Waals surface area contributed by atoms with E-state index in [1.54, 1.807) is 12.1 Å². The van der Waals surface area contributed by atoms with Crippen LogP contribution in [0.15, 0.2) is 67.8 Å². The van der Waals surface area contributed by atoms with Gasteiger partial charge in [0.25, 0.3) is 0 Å². The number of hydrogen-bond acceptors (Lipinski definition) is 0. The van der Waals surface area contributed by atoms with Gasteiger partial charge >= 0.3 is 0 Å². The van der Waals surface area contributed by atoms with Gasteiger partial charge in [0.15, 0.2) is 0 Å². The van der Waals surface area contributed by atoms with Crippen LogP contribution in [0.5, 0.6) is 0 Å². The second kappa shape index (κ2) is 11.5. The van der Waals surface area contributed by atoms with Gasteiger partial charge in [-0.05, 0) is 117 Å². The van der Waals surface area contributed by atoms with E-state index in [1.807, 2.05) is 12.1 Å². The Hall–Kier alpha value is -2.59. The first-order chi connectivity index (χ1) is 16.2. The van der Waals surface area contributed by atoms with Gasteiger partial charge < -0.3 is 0 Å². The molecule has 2 saturated carbocycles. The third kappa shape index (κ3) is 6.26. The lowest BCUT2D eigenvalue weighted by Crippen LogP contribution is -2.30. The van der Waals surface area contributed by atoms with Crippen molar-refractivity contribution in [1.29, 1.82) is 0 Å². The molecule has 0 bridgehead atoms. The van der Waals surface area contributed by atoms with Crippen molar-refractivity contribution in [2.45, 2.75) is 70.1 Å². The molecule has 2 aliphatic carbocycles. The summed E-state index contributed by atoms with van der Waals surface area (Å²) in [5.41, 5.74) is 3.85. The maximum Gasteiger partial charge on any atom is 0.139 e. The van der Waals surface area contributed by atoms with Crippen LogP contribution in [0.2, 0.25) is 0 Å². The van der Waals surface area contributed by atoms with Gasteiger partial charge in [-0.25, -0.2) is 4.39 Å². The Morgan fingerprint density at radius 2 is 1.61 bits per heavy atom. The molecule has 0 spiro atoms. The minimum absolute atomic E-state index is 0.239. The van der Waals surface area contributed by atoms with Crippen LogP contribution in [0.1, 0.15) is 86.0 Å². The van der Waals surface area contributed by atoms with Gasteiger partial charge in [-0.1, -0.05) is 48.6 Å². The minimum Gasteiger partial charge on any atom is -0.206 e. The molecule has 4 atom stereocenters. The van der Waals surface area contributed by atoms with Crippen LogP contribution in [0.3, 0.4) is 0 Å². The fraction of sp³-hybridized carbons (Fsp3) is 0.438. The number of halogens is 1. The average molecular weight is 441 g/mol. The molecule has 2 aromatic carbocycles. The first kappa shape index (κ1) is 23.6. The van der Waals surface area contributed by atoms with Crippen molar-refractivity contribution >= 4 is 0 Å². The molecule has 0 nitrogen and oxygen atoms in total. The summed E-state index contributed by atoms with van der Waals surface area (Å²) in [6, 6.07) is 14.1. The number of hydrogen-bond donors (Lipinski definition) is 0. The Morgan fingerprint density at radius 1 is 0.848 bits per heavy atom. The third-order valence-corrected chi connectivity index (χ3v) is 7.89. The zero-order chi connectivity index (χ0) is 23.0. The molecule has 172 valence electrons. The van der Waals surface area contributed by atoms with Crippen molar-refractivity contribution in [2.75, 3.05) is 0 Å². The van der Waals surface area contributed by atoms with E-state index in [0.717, 1.165) is 41.7 Å². The molecule has 0 aromatic heterocycles. The summed E-state index contributed by atoms with van der Waals surface area (Å²) < 4.78 is 14.4. The van der Waals surface area contributed by atoms with Gasteiger partial charge in [0.2, 0.25) is 0 Å². The smallest absolute Gasteiger partial charge is 0.139 e. The lowest BCUT2D eigenvalue weighted by atomic mass is 9.63. The average Bonchev–Trinajstić information content (AvgIpc) is 2.85. The molecule has 0 aliphatic heterocycles. The van der Waals surface area contributed by atoms with Crippen molar-refractivity contribution in [2.24, 2.45) is 17.8 Å². The van der Waals surface area contributed by atoms with Crippen LogP contribution in [-0.2, 0) is 6.42 Å². The number of rotatable bonds is 7. The van der Waals surface area contributed by atoms with E-state index in [-0.39, 0.29) is 5.82 Å². The van der Waals surface area contributed by atoms with Crippen LogP contribution in [0.25, 0.3) is 0 Å². The molecule has 2 aliphatic rings. The maximum atomic E-state index is 14.4. The molecule has 0 saturated heterocycles. The standard InChI is InChI=1S/C32H37F/c1-3-5-7-25-13-18-31-23-30(20-19-29(31)21-25)27-14-9-24(10-15-27)11-16-28-17-12-26(8-6-4-2)22-32(28)33/h3-4,9-10,12,14-15,17,22,25,29-31H,1-2,5-8,13,18-21,23H2. The molecule has 2 fully saturated rings. The molecule has 2 aromatic rings. The van der Waals surface area contributed by atoms with E-state index >= 15 is 0 Å². The Kier molecular flexibility index (Phi) is 8.22. The minimum atomic E-state index is -0.239. The zero-order valence-corrected chi connectivity index (χ0v) is 19.9. The lowest BCUT2D eigenvalue weighted by molar-refractivity contribution is 0.115. The Labute approximate surface area is 200 Å². The monoisotopic (exact) mass is 440 g/mol. The van der Waals surface area contributed by atoms with Crippen LogP contribution >= 0.6 is 0 Å². The maximum absolute atomic E-state index is 14.4. The summed E-state index contributed by atoms with van der Waals surface area (Å²) in [5, 5.41) is 0. The number of aryl methyl sites for hydroxylation is 1. The largest absolute Gasteiger partial charge is 0.206 e. The van der Waals surface area contributed by atoms with Crippen molar-refractivity contribution in [3.05, 3.63) is 95.8 Å². The highest BCUT2D eigenvalue weighted by molar-refractivity contribution is 5.45. The normalized spacial score (nSPS) is 24.3. The fourth-order valence-corrected chi connectivity index (χ4v) is 5.97. The van der Waals surface area contributed by atoms with E-state index in [0.29, 0.717) is 11.5 Å². The SMILES string of the molecule is C=CCCc1ccc(C#Cc2ccc(C3CCC4CC(CCC=C)CCC4C3)cc2)c(F)c1. The van der Waals surface area contributed by atoms with Crippen molar-refractivity contribution in [3.8, 4) is 11.8 Å². The Morgan fingerprint density at radius 3 is 2.36 bits per heavy atom. The van der Waals surface area contributed by atoms with Crippen molar-refractivity contribution in [3.63, 3.8) is 0 Å². The van der Waals surface area contributed by atoms with Crippen LogP contribution in [0.4, 0.5) is 4.39 Å². The van der Waals surface area contributed by atoms with E-state index in [2.05, 4.69) is 55.3 Å². The molecular weight excluding hydrogens is 403 g/mol. The van der Waals surface area contributed by atoms with Crippen LogP contribution in [0, 0.1) is 35.4 Å². The summed E-state index contributed by atoms with van der Waals surface area (Å²) in [7, 11) is 0. The first-order valence-corrected chi connectivity index (χ1v) is 12.8. The molecule has 4 rings (SSSR count). The molecule has 0 N–H and O–H groups in total. The molecule has 0 amide bonds. The Balaban J connectivity index is 1.34. The number of benzene rings is 2. The van der Waals surface area contributed by atoms with Crippen LogP contribution in [-0.4, -0.2) is 0 Å². The van der Waals surface area contributed by atoms with E-state index in [9.17, 15) is 4.39 Å². The summed E-state index contributed by atoms with van der Waals surface area (Å²) >= 11 is 0. The topological polar surface area (TPSA) is 0 Å². The predicted molar refractivity (Wildman–Crippen MR) is 138 cm³/mol. The molecule has 4 unspecified atom stereocenters. The summed E-state index contributed by atoms with van der Waals surface area (Å²) in [6.07, 6.45) is 16.4. The van der Waals surface area contributed by atoms with Gasteiger partial charge in [0, 0.05) is 5.56 Å². The highest BCUT2D eigenvalue weighted by Gasteiger charge is 2.35. The van der Waals surface area contributed by atoms with Crippen molar-refractivity contribution < 1.29 is 4.39 Å². The van der Waals surface area contributed by atoms with Gasteiger partial charge in [-0.2, -0.15) is 0 Å². The quantitative estimate of drug-likeness (QED) is 0.299. The molecular formula is C32H37F. The van der Waals surface area contributed by atoms with E-state index in [4.69, 9.17) is 0 Å². The second-order valence-corrected chi connectivity index (χ2v) is 10.1. The predicted octanol–water partition coefficient (Wildman–Crippen LogP) is 8.61. The van der Waals surface area contributed by atoms with E-state index < -0.39 is 0 Å². The van der Waals surface area contributed by atoms with Crippen molar-refractivity contribution in [1.82, 2.24) is 0 Å². The summed E-state index contributed by atoms with van der Waals surface area (Å²) in [6.45, 7) is 7.62. The third-order valence-electron chi connectivity index (χ3n) is 7.89. The molecule has 33 heavy (non-hydrogen) atoms. The van der Waals surface area contributed by atoms with Gasteiger partial charge in [-0.3, -0.25) is 0 Å². The van der Waals surface area contributed by atoms with E-state index in [1.165, 1.54) is 56.9 Å². The molecule has 0 radical (unpaired) electrons. The summed E-state index contributed by atoms with van der Waals surface area (Å²) in [5.74, 6) is 9.37. The second-order valence-electron chi connectivity index (χ2n) is 10.1. The molecule has 0 heterocycles. The summed E-state index contributed by atoms with van der Waals surface area (Å²) in [4.78, 5) is 0. The zero-order valence-electron chi connectivity index (χ0n) is 19.9. The van der Waals surface area contributed by atoms with Gasteiger partial charge in [-0.15, -0.1) is 13.2 Å². The highest BCUT2D eigenvalue weighted by atomic mass is 19.1. The number of allylic oxidation sites excluding steroid dienone is 2. The number of fused-ring (bicyclic) bond motifs is 1. The molecule has 1 heteroatoms. The lowest BCUT2D eigenvalue weighted by Gasteiger charge is -2.42. The van der Waals surface area contributed by atoms with Gasteiger partial charge in [0.1, 0.15) is 5.82 Å². The van der Waals surface area contributed by atoms with Gasteiger partial charge in [0.05, 0.1) is 5.56 Å². The highest BCUT2D eigenvalue weighted by Crippen LogP contribution is 2.48. The Bertz CT molecular complexity index is 1000.